The van der Waals surface area contributed by atoms with Crippen molar-refractivity contribution in [3.63, 3.8) is 0 Å². The molecule has 0 aliphatic heterocycles. The van der Waals surface area contributed by atoms with Gasteiger partial charge in [0.15, 0.2) is 0 Å². The van der Waals surface area contributed by atoms with Crippen LogP contribution in [0.2, 0.25) is 0 Å². The third kappa shape index (κ3) is 2.92. The highest BCUT2D eigenvalue weighted by molar-refractivity contribution is 5.77. The summed E-state index contributed by atoms with van der Waals surface area (Å²) in [6.07, 6.45) is 7.26. The minimum Gasteiger partial charge on any atom is -0.494 e. The molecule has 0 saturated carbocycles. The molecule has 0 fully saturated rings. The van der Waals surface area contributed by atoms with Crippen molar-refractivity contribution in [3.8, 4) is 5.75 Å². The van der Waals surface area contributed by atoms with Crippen LogP contribution in [-0.2, 0) is 6.54 Å². The van der Waals surface area contributed by atoms with Gasteiger partial charge in [0.25, 0.3) is 0 Å². The first-order valence-electron chi connectivity index (χ1n) is 6.53. The fraction of sp³-hybridized carbons (Fsp3) is 0.400. The first-order chi connectivity index (χ1) is 8.85. The van der Waals surface area contributed by atoms with Crippen LogP contribution < -0.4 is 4.74 Å². The van der Waals surface area contributed by atoms with Gasteiger partial charge in [-0.15, -0.1) is 6.58 Å². The molecule has 0 aliphatic carbocycles. The van der Waals surface area contributed by atoms with Gasteiger partial charge in [0.2, 0.25) is 0 Å². The summed E-state index contributed by atoms with van der Waals surface area (Å²) in [5.74, 6) is 0.905. The summed E-state index contributed by atoms with van der Waals surface area (Å²) >= 11 is 0. The van der Waals surface area contributed by atoms with Gasteiger partial charge in [-0.2, -0.15) is 0 Å². The van der Waals surface area contributed by atoms with Crippen LogP contribution in [0.3, 0.4) is 0 Å². The minimum absolute atomic E-state index is 0.784. The smallest absolute Gasteiger partial charge is 0.121 e. The van der Waals surface area contributed by atoms with E-state index < -0.39 is 0 Å². The van der Waals surface area contributed by atoms with Crippen molar-refractivity contribution in [3.05, 3.63) is 37.2 Å². The van der Waals surface area contributed by atoms with Crippen LogP contribution >= 0.6 is 0 Å². The van der Waals surface area contributed by atoms with Crippen molar-refractivity contribution < 1.29 is 4.74 Å². The average Bonchev–Trinajstić information content (AvgIpc) is 2.78. The number of benzene rings is 1. The van der Waals surface area contributed by atoms with E-state index in [0.29, 0.717) is 0 Å². The average molecular weight is 244 g/mol. The van der Waals surface area contributed by atoms with Crippen molar-refractivity contribution >= 4 is 11.0 Å². The lowest BCUT2D eigenvalue weighted by Crippen LogP contribution is -1.97. The summed E-state index contributed by atoms with van der Waals surface area (Å²) in [7, 11) is 0. The molecule has 0 atom stereocenters. The molecule has 0 radical (unpaired) electrons. The van der Waals surface area contributed by atoms with Gasteiger partial charge >= 0.3 is 0 Å². The molecule has 3 heteroatoms. The fourth-order valence-electron chi connectivity index (χ4n) is 1.96. The van der Waals surface area contributed by atoms with Crippen LogP contribution in [-0.4, -0.2) is 16.2 Å². The van der Waals surface area contributed by atoms with Crippen molar-refractivity contribution in [2.75, 3.05) is 6.61 Å². The zero-order valence-corrected chi connectivity index (χ0v) is 10.9. The number of aromatic nitrogens is 2. The molecule has 18 heavy (non-hydrogen) atoms. The fourth-order valence-corrected chi connectivity index (χ4v) is 1.96. The molecule has 1 aromatic carbocycles. The van der Waals surface area contributed by atoms with E-state index in [2.05, 4.69) is 29.1 Å². The number of unbranched alkanes of at least 4 members (excludes halogenated alkanes) is 2. The molecule has 0 N–H and O–H groups in total. The molecule has 0 aliphatic rings. The SMILES string of the molecule is C=CCn1cnc2cc(OCCCCC)ccc21. The Morgan fingerprint density at radius 2 is 2.28 bits per heavy atom. The van der Waals surface area contributed by atoms with Crippen LogP contribution in [0.15, 0.2) is 37.2 Å². The Labute approximate surface area is 108 Å². The van der Waals surface area contributed by atoms with Crippen molar-refractivity contribution in [2.45, 2.75) is 32.7 Å². The highest BCUT2D eigenvalue weighted by atomic mass is 16.5. The zero-order valence-electron chi connectivity index (χ0n) is 10.9. The number of nitrogens with zero attached hydrogens (tertiary/aromatic N) is 2. The summed E-state index contributed by atoms with van der Waals surface area (Å²) in [4.78, 5) is 4.38. The predicted octanol–water partition coefficient (Wildman–Crippen LogP) is 3.79. The maximum atomic E-state index is 5.72. The van der Waals surface area contributed by atoms with E-state index in [1.165, 1.54) is 12.8 Å². The first-order valence-corrected chi connectivity index (χ1v) is 6.53. The van der Waals surface area contributed by atoms with Crippen molar-refractivity contribution in [1.29, 1.82) is 0 Å². The summed E-state index contributed by atoms with van der Waals surface area (Å²) in [5, 5.41) is 0. The Morgan fingerprint density at radius 3 is 3.06 bits per heavy atom. The third-order valence-electron chi connectivity index (χ3n) is 2.93. The third-order valence-corrected chi connectivity index (χ3v) is 2.93. The van der Waals surface area contributed by atoms with Gasteiger partial charge in [-0.05, 0) is 18.6 Å². The number of ether oxygens (including phenoxy) is 1. The molecule has 2 rings (SSSR count). The number of hydrogen-bond acceptors (Lipinski definition) is 2. The van der Waals surface area contributed by atoms with Gasteiger partial charge in [0, 0.05) is 12.6 Å². The summed E-state index contributed by atoms with van der Waals surface area (Å²) < 4.78 is 7.79. The van der Waals surface area contributed by atoms with Gasteiger partial charge in [-0.3, -0.25) is 0 Å². The predicted molar refractivity (Wildman–Crippen MR) is 75.0 cm³/mol. The van der Waals surface area contributed by atoms with Crippen LogP contribution in [0.25, 0.3) is 11.0 Å². The molecule has 1 heterocycles. The molecule has 1 aromatic heterocycles. The second-order valence-electron chi connectivity index (χ2n) is 4.39. The van der Waals surface area contributed by atoms with E-state index in [1.807, 2.05) is 24.5 Å². The summed E-state index contributed by atoms with van der Waals surface area (Å²) in [5.41, 5.74) is 2.10. The lowest BCUT2D eigenvalue weighted by atomic mass is 10.2. The normalized spacial score (nSPS) is 10.7. The minimum atomic E-state index is 0.784. The standard InChI is InChI=1S/C15H20N2O/c1-3-5-6-10-18-13-7-8-15-14(11-13)16-12-17(15)9-4-2/h4,7-8,11-12H,2-3,5-6,9-10H2,1H3. The number of allylic oxidation sites excluding steroid dienone is 1. The monoisotopic (exact) mass is 244 g/mol. The number of imidazole rings is 1. The van der Waals surface area contributed by atoms with Gasteiger partial charge < -0.3 is 9.30 Å². The van der Waals surface area contributed by atoms with E-state index >= 15 is 0 Å². The van der Waals surface area contributed by atoms with Crippen LogP contribution in [0.4, 0.5) is 0 Å². The molecule has 0 bridgehead atoms. The molecule has 3 nitrogen and oxygen atoms in total. The Bertz CT molecular complexity index is 516. The van der Waals surface area contributed by atoms with Gasteiger partial charge in [-0.1, -0.05) is 25.8 Å². The van der Waals surface area contributed by atoms with Gasteiger partial charge in [0.05, 0.1) is 24.0 Å². The first kappa shape index (κ1) is 12.7. The Morgan fingerprint density at radius 1 is 1.39 bits per heavy atom. The molecule has 0 saturated heterocycles. The summed E-state index contributed by atoms with van der Waals surface area (Å²) in [6, 6.07) is 6.07. The molecule has 0 unspecified atom stereocenters. The van der Waals surface area contributed by atoms with E-state index in [4.69, 9.17) is 4.74 Å². The number of rotatable bonds is 7. The molecule has 2 aromatic rings. The van der Waals surface area contributed by atoms with Crippen LogP contribution in [0.1, 0.15) is 26.2 Å². The summed E-state index contributed by atoms with van der Waals surface area (Å²) in [6.45, 7) is 7.51. The highest BCUT2D eigenvalue weighted by Gasteiger charge is 2.03. The Hall–Kier alpha value is -1.77. The quantitative estimate of drug-likeness (QED) is 0.547. The second-order valence-corrected chi connectivity index (χ2v) is 4.39. The van der Waals surface area contributed by atoms with Gasteiger partial charge in [0.1, 0.15) is 5.75 Å². The molecule has 0 amide bonds. The maximum Gasteiger partial charge on any atom is 0.121 e. The van der Waals surface area contributed by atoms with E-state index in [9.17, 15) is 0 Å². The number of fused-ring (bicyclic) bond motifs is 1. The molecular weight excluding hydrogens is 224 g/mol. The topological polar surface area (TPSA) is 27.1 Å². The highest BCUT2D eigenvalue weighted by Crippen LogP contribution is 2.20. The maximum absolute atomic E-state index is 5.72. The Kier molecular flexibility index (Phi) is 4.40. The largest absolute Gasteiger partial charge is 0.494 e. The Balaban J connectivity index is 2.06. The van der Waals surface area contributed by atoms with Crippen molar-refractivity contribution in [1.82, 2.24) is 9.55 Å². The van der Waals surface area contributed by atoms with Crippen LogP contribution in [0.5, 0.6) is 5.75 Å². The zero-order chi connectivity index (χ0) is 12.8. The van der Waals surface area contributed by atoms with Crippen LogP contribution in [0, 0.1) is 0 Å². The van der Waals surface area contributed by atoms with E-state index in [-0.39, 0.29) is 0 Å². The van der Waals surface area contributed by atoms with Gasteiger partial charge in [-0.25, -0.2) is 4.98 Å². The van der Waals surface area contributed by atoms with E-state index in [1.54, 1.807) is 0 Å². The number of hydrogen-bond donors (Lipinski definition) is 0. The molecule has 0 spiro atoms. The molecular formula is C15H20N2O. The van der Waals surface area contributed by atoms with Crippen molar-refractivity contribution in [2.24, 2.45) is 0 Å². The lowest BCUT2D eigenvalue weighted by Gasteiger charge is -2.06. The molecule has 96 valence electrons. The van der Waals surface area contributed by atoms with E-state index in [0.717, 1.165) is 36.4 Å². The second kappa shape index (κ2) is 6.24. The lowest BCUT2D eigenvalue weighted by molar-refractivity contribution is 0.306.